The molecule has 7 nitrogen and oxygen atoms in total. The molecule has 1 unspecified atom stereocenters. The minimum atomic E-state index is -3.75. The molecule has 1 N–H and O–H groups in total. The SMILES string of the molecule is N=Nc1ccc(OP(=O)(Oc2ccc(N=Nc3ccccc3)cc2)c2ccccc2)cc1. The standard InChI is InChI=1S/C24H19N4O3P/c25-26-19-11-15-22(16-12-19)30-32(29,24-9-5-2-6-10-24)31-23-17-13-21(14-18-23)28-27-20-7-3-1-4-8-20/h1-18,25H. The first kappa shape index (κ1) is 21.2. The van der Waals surface area contributed by atoms with Crippen LogP contribution in [0.15, 0.2) is 125 Å². The summed E-state index contributed by atoms with van der Waals surface area (Å²) in [5, 5.41) is 12.2. The van der Waals surface area contributed by atoms with E-state index in [0.717, 1.165) is 5.69 Å². The fourth-order valence-electron chi connectivity index (χ4n) is 2.78. The van der Waals surface area contributed by atoms with Gasteiger partial charge in [-0.05, 0) is 72.8 Å². The van der Waals surface area contributed by atoms with Crippen molar-refractivity contribution in [2.45, 2.75) is 0 Å². The first-order valence-electron chi connectivity index (χ1n) is 9.74. The van der Waals surface area contributed by atoms with E-state index in [9.17, 15) is 4.57 Å². The second-order valence-electron chi connectivity index (χ2n) is 6.65. The third-order valence-electron chi connectivity index (χ3n) is 4.36. The molecular weight excluding hydrogens is 423 g/mol. The topological polar surface area (TPSA) is 96.5 Å². The van der Waals surface area contributed by atoms with Gasteiger partial charge in [-0.15, -0.1) is 0 Å². The van der Waals surface area contributed by atoms with Crippen molar-refractivity contribution in [1.82, 2.24) is 0 Å². The number of nitrogens with zero attached hydrogens (tertiary/aromatic N) is 3. The van der Waals surface area contributed by atoms with Crippen molar-refractivity contribution in [1.29, 1.82) is 5.53 Å². The minimum absolute atomic E-state index is 0.345. The summed E-state index contributed by atoms with van der Waals surface area (Å²) in [6.07, 6.45) is 0. The van der Waals surface area contributed by atoms with Crippen LogP contribution < -0.4 is 14.4 Å². The summed E-state index contributed by atoms with van der Waals surface area (Å²) in [4.78, 5) is 0. The molecule has 0 aliphatic carbocycles. The molecular formula is C24H19N4O3P. The van der Waals surface area contributed by atoms with Crippen LogP contribution in [-0.2, 0) is 4.57 Å². The van der Waals surface area contributed by atoms with Crippen LogP contribution in [0.3, 0.4) is 0 Å². The Morgan fingerprint density at radius 2 is 1.00 bits per heavy atom. The molecule has 0 spiro atoms. The lowest BCUT2D eigenvalue weighted by Crippen LogP contribution is -2.14. The van der Waals surface area contributed by atoms with Gasteiger partial charge >= 0.3 is 7.60 Å². The van der Waals surface area contributed by atoms with Gasteiger partial charge in [0.1, 0.15) is 11.5 Å². The smallest absolute Gasteiger partial charge is 0.413 e. The van der Waals surface area contributed by atoms with Crippen molar-refractivity contribution in [2.75, 3.05) is 0 Å². The normalized spacial score (nSPS) is 12.8. The Bertz CT molecular complexity index is 1250. The Labute approximate surface area is 185 Å². The molecule has 158 valence electrons. The number of nitrogens with one attached hydrogen (secondary N) is 1. The molecule has 1 atom stereocenters. The van der Waals surface area contributed by atoms with Gasteiger partial charge in [0.25, 0.3) is 0 Å². The van der Waals surface area contributed by atoms with Crippen LogP contribution in [0.2, 0.25) is 0 Å². The van der Waals surface area contributed by atoms with Crippen molar-refractivity contribution in [3.63, 3.8) is 0 Å². The molecule has 4 rings (SSSR count). The third-order valence-corrected chi connectivity index (χ3v) is 6.20. The Morgan fingerprint density at radius 1 is 0.562 bits per heavy atom. The minimum Gasteiger partial charge on any atom is -0.413 e. The summed E-state index contributed by atoms with van der Waals surface area (Å²) in [5.74, 6) is 0.714. The molecule has 0 aromatic heterocycles. The van der Waals surface area contributed by atoms with Crippen molar-refractivity contribution in [3.05, 3.63) is 109 Å². The fourth-order valence-corrected chi connectivity index (χ4v) is 4.36. The molecule has 0 heterocycles. The van der Waals surface area contributed by atoms with Crippen LogP contribution in [0.5, 0.6) is 11.5 Å². The maximum Gasteiger partial charge on any atom is 0.462 e. The summed E-state index contributed by atoms with van der Waals surface area (Å²) < 4.78 is 25.4. The zero-order valence-electron chi connectivity index (χ0n) is 16.9. The highest BCUT2D eigenvalue weighted by Gasteiger charge is 2.31. The number of rotatable bonds is 8. The van der Waals surface area contributed by atoms with E-state index in [1.807, 2.05) is 36.4 Å². The van der Waals surface area contributed by atoms with Gasteiger partial charge in [0, 0.05) is 0 Å². The van der Waals surface area contributed by atoms with E-state index in [2.05, 4.69) is 15.3 Å². The van der Waals surface area contributed by atoms with Crippen LogP contribution in [0.4, 0.5) is 17.1 Å². The predicted molar refractivity (Wildman–Crippen MR) is 123 cm³/mol. The molecule has 0 amide bonds. The monoisotopic (exact) mass is 442 g/mol. The van der Waals surface area contributed by atoms with E-state index < -0.39 is 7.60 Å². The Hall–Kier alpha value is -4.09. The highest BCUT2D eigenvalue weighted by atomic mass is 31.2. The lowest BCUT2D eigenvalue weighted by Gasteiger charge is -2.20. The van der Waals surface area contributed by atoms with Crippen molar-refractivity contribution >= 4 is 30.0 Å². The molecule has 32 heavy (non-hydrogen) atoms. The van der Waals surface area contributed by atoms with Crippen molar-refractivity contribution in [3.8, 4) is 11.5 Å². The van der Waals surface area contributed by atoms with Gasteiger partial charge in [-0.3, -0.25) is 0 Å². The van der Waals surface area contributed by atoms with Crippen LogP contribution >= 0.6 is 7.60 Å². The molecule has 4 aromatic rings. The first-order valence-corrected chi connectivity index (χ1v) is 11.3. The van der Waals surface area contributed by atoms with E-state index >= 15 is 0 Å². The summed E-state index contributed by atoms with van der Waals surface area (Å²) >= 11 is 0. The Balaban J connectivity index is 1.56. The molecule has 0 aliphatic rings. The van der Waals surface area contributed by atoms with Crippen molar-refractivity contribution in [2.24, 2.45) is 15.3 Å². The largest absolute Gasteiger partial charge is 0.462 e. The molecule has 0 fully saturated rings. The zero-order valence-corrected chi connectivity index (χ0v) is 17.8. The second-order valence-corrected chi connectivity index (χ2v) is 8.53. The quantitative estimate of drug-likeness (QED) is 0.223. The van der Waals surface area contributed by atoms with Crippen LogP contribution in [0.25, 0.3) is 0 Å². The molecule has 4 aromatic carbocycles. The van der Waals surface area contributed by atoms with E-state index in [-0.39, 0.29) is 0 Å². The van der Waals surface area contributed by atoms with Crippen molar-refractivity contribution < 1.29 is 13.6 Å². The molecule has 0 saturated heterocycles. The first-order chi connectivity index (χ1) is 15.6. The lowest BCUT2D eigenvalue weighted by atomic mass is 10.3. The Morgan fingerprint density at radius 3 is 1.50 bits per heavy atom. The van der Waals surface area contributed by atoms with Gasteiger partial charge in [-0.25, -0.2) is 10.1 Å². The highest BCUT2D eigenvalue weighted by Crippen LogP contribution is 2.48. The lowest BCUT2D eigenvalue weighted by molar-refractivity contribution is 0.399. The fraction of sp³-hybridized carbons (Fsp3) is 0. The molecule has 8 heteroatoms. The summed E-state index contributed by atoms with van der Waals surface area (Å²) in [7, 11) is -3.75. The Kier molecular flexibility index (Phi) is 6.49. The average molecular weight is 442 g/mol. The van der Waals surface area contributed by atoms with E-state index in [1.165, 1.54) is 0 Å². The predicted octanol–water partition coefficient (Wildman–Crippen LogP) is 7.74. The summed E-state index contributed by atoms with van der Waals surface area (Å²) in [5.41, 5.74) is 8.91. The van der Waals surface area contributed by atoms with Gasteiger partial charge in [-0.1, -0.05) is 36.4 Å². The third kappa shape index (κ3) is 5.33. The van der Waals surface area contributed by atoms with Gasteiger partial charge in [0.05, 0.1) is 22.4 Å². The molecule has 0 aliphatic heterocycles. The van der Waals surface area contributed by atoms with Gasteiger partial charge in [0.2, 0.25) is 0 Å². The number of hydrogen-bond donors (Lipinski definition) is 1. The van der Waals surface area contributed by atoms with E-state index in [4.69, 9.17) is 14.6 Å². The highest BCUT2D eigenvalue weighted by molar-refractivity contribution is 7.63. The maximum absolute atomic E-state index is 13.8. The molecule has 0 radical (unpaired) electrons. The number of benzene rings is 4. The average Bonchev–Trinajstić information content (AvgIpc) is 2.85. The van der Waals surface area contributed by atoms with Crippen LogP contribution in [0, 0.1) is 5.53 Å². The summed E-state index contributed by atoms with van der Waals surface area (Å²) in [6, 6.07) is 31.3. The van der Waals surface area contributed by atoms with E-state index in [1.54, 1.807) is 72.8 Å². The van der Waals surface area contributed by atoms with Gasteiger partial charge in [0.15, 0.2) is 0 Å². The molecule has 0 bridgehead atoms. The van der Waals surface area contributed by atoms with Gasteiger partial charge < -0.3 is 9.05 Å². The van der Waals surface area contributed by atoms with E-state index in [0.29, 0.717) is 28.2 Å². The number of hydrogen-bond acceptors (Lipinski definition) is 7. The maximum atomic E-state index is 13.8. The second kappa shape index (κ2) is 9.81. The number of azo groups is 1. The summed E-state index contributed by atoms with van der Waals surface area (Å²) in [6.45, 7) is 0. The van der Waals surface area contributed by atoms with Gasteiger partial charge in [-0.2, -0.15) is 15.3 Å². The van der Waals surface area contributed by atoms with Crippen LogP contribution in [-0.4, -0.2) is 0 Å². The molecule has 0 saturated carbocycles. The zero-order chi connectivity index (χ0) is 22.2. The van der Waals surface area contributed by atoms with Crippen LogP contribution in [0.1, 0.15) is 0 Å².